The molecule has 0 saturated heterocycles. The number of halogens is 1. The first-order valence-corrected chi connectivity index (χ1v) is 7.87. The summed E-state index contributed by atoms with van der Waals surface area (Å²) in [7, 11) is -3.93. The third-order valence-electron chi connectivity index (χ3n) is 2.57. The number of carboxylic acid groups (broad SMARTS) is 1. The van der Waals surface area contributed by atoms with Gasteiger partial charge in [-0.3, -0.25) is 9.78 Å². The Labute approximate surface area is 120 Å². The summed E-state index contributed by atoms with van der Waals surface area (Å²) in [5, 5.41) is 9.18. The van der Waals surface area contributed by atoms with E-state index in [1.54, 1.807) is 6.92 Å². The zero-order chi connectivity index (χ0) is 14.7. The smallest absolute Gasteiger partial charge is 0.324 e. The fourth-order valence-electron chi connectivity index (χ4n) is 1.60. The largest absolute Gasteiger partial charge is 0.480 e. The summed E-state index contributed by atoms with van der Waals surface area (Å²) in [5.74, 6) is -1.21. The second-order valence-corrected chi connectivity index (χ2v) is 6.93. The van der Waals surface area contributed by atoms with Crippen molar-refractivity contribution in [2.75, 3.05) is 0 Å². The van der Waals surface area contributed by atoms with Crippen molar-refractivity contribution in [3.63, 3.8) is 0 Å². The summed E-state index contributed by atoms with van der Waals surface area (Å²) in [5.41, 5.74) is -1.53. The fourth-order valence-corrected chi connectivity index (χ4v) is 3.49. The molecule has 0 bridgehead atoms. The Morgan fingerprint density at radius 1 is 1.53 bits per heavy atom. The number of hydrogen-bond acceptors (Lipinski definition) is 4. The first-order valence-electron chi connectivity index (χ1n) is 5.59. The average molecular weight is 351 g/mol. The van der Waals surface area contributed by atoms with E-state index >= 15 is 0 Å². The van der Waals surface area contributed by atoms with E-state index < -0.39 is 21.5 Å². The number of aromatic nitrogens is 1. The molecule has 6 nitrogen and oxygen atoms in total. The second kappa shape index (κ2) is 5.98. The van der Waals surface area contributed by atoms with E-state index in [4.69, 9.17) is 0 Å². The fraction of sp³-hybridized carbons (Fsp3) is 0.455. The highest BCUT2D eigenvalue weighted by molar-refractivity contribution is 9.10. The van der Waals surface area contributed by atoms with E-state index in [2.05, 4.69) is 25.6 Å². The predicted molar refractivity (Wildman–Crippen MR) is 73.2 cm³/mol. The number of hydrogen-bond donors (Lipinski definition) is 2. The van der Waals surface area contributed by atoms with Crippen molar-refractivity contribution in [1.82, 2.24) is 9.71 Å². The highest BCUT2D eigenvalue weighted by Crippen LogP contribution is 2.19. The minimum Gasteiger partial charge on any atom is -0.480 e. The standard InChI is InChI=1S/C11H15BrN2O4S/c1-3-4-11(2,10(15)16)14-19(17,18)9-5-8(12)6-13-7-9/h5-7,14H,3-4H2,1-2H3,(H,15,16). The predicted octanol–water partition coefficient (Wildman–Crippen LogP) is 1.77. The summed E-state index contributed by atoms with van der Waals surface area (Å²) in [6, 6.07) is 1.36. The van der Waals surface area contributed by atoms with Gasteiger partial charge in [0.25, 0.3) is 0 Å². The van der Waals surface area contributed by atoms with Gasteiger partial charge in [-0.2, -0.15) is 4.72 Å². The molecule has 0 amide bonds. The second-order valence-electron chi connectivity index (χ2n) is 4.33. The van der Waals surface area contributed by atoms with Crippen LogP contribution in [0.5, 0.6) is 0 Å². The van der Waals surface area contributed by atoms with E-state index in [-0.39, 0.29) is 11.3 Å². The van der Waals surface area contributed by atoms with Gasteiger partial charge in [0.15, 0.2) is 0 Å². The maximum absolute atomic E-state index is 12.1. The number of pyridine rings is 1. The van der Waals surface area contributed by atoms with Crippen LogP contribution in [0.15, 0.2) is 27.8 Å². The normalized spacial score (nSPS) is 14.9. The average Bonchev–Trinajstić information content (AvgIpc) is 2.28. The Bertz CT molecular complexity index is 576. The first-order chi connectivity index (χ1) is 8.71. The van der Waals surface area contributed by atoms with E-state index in [0.29, 0.717) is 10.9 Å². The van der Waals surface area contributed by atoms with Gasteiger partial charge in [-0.25, -0.2) is 8.42 Å². The van der Waals surface area contributed by atoms with Gasteiger partial charge in [-0.15, -0.1) is 0 Å². The third-order valence-corrected chi connectivity index (χ3v) is 4.57. The Balaban J connectivity index is 3.11. The third kappa shape index (κ3) is 3.99. The van der Waals surface area contributed by atoms with E-state index in [1.165, 1.54) is 25.4 Å². The molecule has 1 rings (SSSR count). The number of nitrogens with one attached hydrogen (secondary N) is 1. The van der Waals surface area contributed by atoms with Crippen molar-refractivity contribution in [2.45, 2.75) is 37.1 Å². The van der Waals surface area contributed by atoms with Crippen molar-refractivity contribution >= 4 is 31.9 Å². The lowest BCUT2D eigenvalue weighted by Crippen LogP contribution is -2.51. The first kappa shape index (κ1) is 16.1. The Morgan fingerprint density at radius 3 is 2.63 bits per heavy atom. The quantitative estimate of drug-likeness (QED) is 0.814. The molecule has 19 heavy (non-hydrogen) atoms. The van der Waals surface area contributed by atoms with Crippen LogP contribution < -0.4 is 4.72 Å². The van der Waals surface area contributed by atoms with Crippen molar-refractivity contribution < 1.29 is 18.3 Å². The van der Waals surface area contributed by atoms with Crippen LogP contribution in [-0.2, 0) is 14.8 Å². The number of nitrogens with zero attached hydrogens (tertiary/aromatic N) is 1. The van der Waals surface area contributed by atoms with Crippen LogP contribution in [-0.4, -0.2) is 30.0 Å². The van der Waals surface area contributed by atoms with Gasteiger partial charge < -0.3 is 5.11 Å². The molecule has 8 heteroatoms. The molecule has 0 radical (unpaired) electrons. The summed E-state index contributed by atoms with van der Waals surface area (Å²) >= 11 is 3.12. The van der Waals surface area contributed by atoms with Crippen molar-refractivity contribution in [3.05, 3.63) is 22.9 Å². The van der Waals surface area contributed by atoms with Crippen LogP contribution in [0.4, 0.5) is 0 Å². The molecule has 106 valence electrons. The maximum atomic E-state index is 12.1. The summed E-state index contributed by atoms with van der Waals surface area (Å²) in [6.07, 6.45) is 3.35. The maximum Gasteiger partial charge on any atom is 0.324 e. The molecule has 1 aromatic rings. The Morgan fingerprint density at radius 2 is 2.16 bits per heavy atom. The Kier molecular flexibility index (Phi) is 5.05. The topological polar surface area (TPSA) is 96.4 Å². The van der Waals surface area contributed by atoms with Crippen molar-refractivity contribution in [2.24, 2.45) is 0 Å². The van der Waals surface area contributed by atoms with Gasteiger partial charge in [-0.05, 0) is 35.3 Å². The zero-order valence-electron chi connectivity index (χ0n) is 10.6. The molecule has 0 saturated carbocycles. The van der Waals surface area contributed by atoms with Gasteiger partial charge in [0, 0.05) is 16.9 Å². The van der Waals surface area contributed by atoms with Gasteiger partial charge in [-0.1, -0.05) is 13.3 Å². The van der Waals surface area contributed by atoms with Crippen LogP contribution in [0.25, 0.3) is 0 Å². The summed E-state index contributed by atoms with van der Waals surface area (Å²) in [4.78, 5) is 14.9. The molecule has 1 heterocycles. The number of aliphatic carboxylic acids is 1. The molecule has 0 fully saturated rings. The van der Waals surface area contributed by atoms with Crippen molar-refractivity contribution in [1.29, 1.82) is 0 Å². The minimum atomic E-state index is -3.93. The molecule has 0 spiro atoms. The SMILES string of the molecule is CCCC(C)(NS(=O)(=O)c1cncc(Br)c1)C(=O)O. The molecule has 1 unspecified atom stereocenters. The molecular formula is C11H15BrN2O4S. The monoisotopic (exact) mass is 350 g/mol. The summed E-state index contributed by atoms with van der Waals surface area (Å²) < 4.78 is 27.0. The van der Waals surface area contributed by atoms with Crippen LogP contribution in [0.1, 0.15) is 26.7 Å². The minimum absolute atomic E-state index is 0.0783. The van der Waals surface area contributed by atoms with E-state index in [9.17, 15) is 18.3 Å². The molecule has 0 aromatic carbocycles. The highest BCUT2D eigenvalue weighted by Gasteiger charge is 2.37. The lowest BCUT2D eigenvalue weighted by Gasteiger charge is -2.25. The van der Waals surface area contributed by atoms with Gasteiger partial charge >= 0.3 is 5.97 Å². The molecular weight excluding hydrogens is 336 g/mol. The van der Waals surface area contributed by atoms with Crippen LogP contribution >= 0.6 is 15.9 Å². The van der Waals surface area contributed by atoms with Crippen LogP contribution in [0, 0.1) is 0 Å². The van der Waals surface area contributed by atoms with E-state index in [1.807, 2.05) is 0 Å². The highest BCUT2D eigenvalue weighted by atomic mass is 79.9. The number of rotatable bonds is 6. The molecule has 0 aliphatic heterocycles. The van der Waals surface area contributed by atoms with Gasteiger partial charge in [0.1, 0.15) is 10.4 Å². The van der Waals surface area contributed by atoms with E-state index in [0.717, 1.165) is 0 Å². The number of carbonyl (C=O) groups is 1. The zero-order valence-corrected chi connectivity index (χ0v) is 13.0. The lowest BCUT2D eigenvalue weighted by atomic mass is 9.98. The lowest BCUT2D eigenvalue weighted by molar-refractivity contribution is -0.143. The van der Waals surface area contributed by atoms with Crippen molar-refractivity contribution in [3.8, 4) is 0 Å². The van der Waals surface area contributed by atoms with Crippen LogP contribution in [0.3, 0.4) is 0 Å². The number of sulfonamides is 1. The molecule has 0 aliphatic rings. The van der Waals surface area contributed by atoms with Gasteiger partial charge in [0.2, 0.25) is 10.0 Å². The Hall–Kier alpha value is -0.990. The van der Waals surface area contributed by atoms with Gasteiger partial charge in [0.05, 0.1) is 0 Å². The molecule has 2 N–H and O–H groups in total. The molecule has 1 aromatic heterocycles. The summed E-state index contributed by atoms with van der Waals surface area (Å²) in [6.45, 7) is 3.14. The molecule has 1 atom stereocenters. The van der Waals surface area contributed by atoms with Crippen LogP contribution in [0.2, 0.25) is 0 Å². The molecule has 0 aliphatic carbocycles. The number of carboxylic acids is 1.